The first-order valence-corrected chi connectivity index (χ1v) is 6.61. The second kappa shape index (κ2) is 5.91. The lowest BCUT2D eigenvalue weighted by atomic mass is 9.92. The summed E-state index contributed by atoms with van der Waals surface area (Å²) in [6.07, 6.45) is 5.53. The number of amides is 1. The van der Waals surface area contributed by atoms with Crippen LogP contribution in [0.4, 0.5) is 0 Å². The van der Waals surface area contributed by atoms with Crippen LogP contribution in [0, 0.1) is 5.92 Å². The summed E-state index contributed by atoms with van der Waals surface area (Å²) in [6, 6.07) is 1.15. The smallest absolute Gasteiger partial charge is 0.326 e. The van der Waals surface area contributed by atoms with E-state index in [1.54, 1.807) is 12.5 Å². The largest absolute Gasteiger partial charge is 0.480 e. The molecule has 104 valence electrons. The second-order valence-corrected chi connectivity index (χ2v) is 5.20. The summed E-state index contributed by atoms with van der Waals surface area (Å²) < 4.78 is 4.95. The Kier molecular flexibility index (Phi) is 4.24. The van der Waals surface area contributed by atoms with Crippen LogP contribution in [0.5, 0.6) is 0 Å². The molecule has 1 aromatic heterocycles. The first-order chi connectivity index (χ1) is 9.08. The molecule has 0 saturated carbocycles. The Morgan fingerprint density at radius 3 is 2.95 bits per heavy atom. The van der Waals surface area contributed by atoms with Crippen LogP contribution in [0.25, 0.3) is 0 Å². The summed E-state index contributed by atoms with van der Waals surface area (Å²) in [4.78, 5) is 24.9. The fourth-order valence-electron chi connectivity index (χ4n) is 2.50. The van der Waals surface area contributed by atoms with Crippen LogP contribution in [-0.4, -0.2) is 34.5 Å². The zero-order chi connectivity index (χ0) is 13.8. The zero-order valence-electron chi connectivity index (χ0n) is 11.0. The number of hydrogen-bond acceptors (Lipinski definition) is 3. The first kappa shape index (κ1) is 13.6. The maximum absolute atomic E-state index is 12.1. The lowest BCUT2D eigenvalue weighted by Gasteiger charge is -2.36. The van der Waals surface area contributed by atoms with Crippen LogP contribution in [0.2, 0.25) is 0 Å². The zero-order valence-corrected chi connectivity index (χ0v) is 11.0. The number of carbonyl (C=O) groups is 2. The van der Waals surface area contributed by atoms with Gasteiger partial charge in [-0.2, -0.15) is 0 Å². The van der Waals surface area contributed by atoms with Crippen LogP contribution < -0.4 is 0 Å². The molecular formula is C14H19NO4. The molecule has 1 aliphatic rings. The Bertz CT molecular complexity index is 440. The van der Waals surface area contributed by atoms with Crippen molar-refractivity contribution in [3.8, 4) is 0 Å². The summed E-state index contributed by atoms with van der Waals surface area (Å²) >= 11 is 0. The van der Waals surface area contributed by atoms with Gasteiger partial charge in [0.1, 0.15) is 6.04 Å². The van der Waals surface area contributed by atoms with Gasteiger partial charge in [0.05, 0.1) is 12.5 Å². The highest BCUT2D eigenvalue weighted by Gasteiger charge is 2.34. The molecule has 0 spiro atoms. The number of likely N-dealkylation sites (tertiary alicyclic amines) is 1. The van der Waals surface area contributed by atoms with Crippen LogP contribution in [0.15, 0.2) is 23.0 Å². The van der Waals surface area contributed by atoms with E-state index >= 15 is 0 Å². The topological polar surface area (TPSA) is 70.8 Å². The number of carboxylic acids is 1. The number of furan rings is 1. The van der Waals surface area contributed by atoms with Gasteiger partial charge in [-0.05, 0) is 36.8 Å². The van der Waals surface area contributed by atoms with Crippen LogP contribution in [0.3, 0.4) is 0 Å². The number of nitrogens with zero attached hydrogens (tertiary/aromatic N) is 1. The molecule has 0 aliphatic carbocycles. The monoisotopic (exact) mass is 265 g/mol. The highest BCUT2D eigenvalue weighted by Crippen LogP contribution is 2.23. The van der Waals surface area contributed by atoms with E-state index in [0.717, 1.165) is 12.0 Å². The molecule has 2 heterocycles. The number of hydrogen-bond donors (Lipinski definition) is 1. The molecule has 1 N–H and O–H groups in total. The standard InChI is InChI=1S/C14H19NO4/c1-10-4-6-15(12(8-10)14(17)18)13(16)3-2-11-5-7-19-9-11/h5,7,9-10,12H,2-4,6,8H2,1H3,(H,17,18). The molecule has 1 amide bonds. The third kappa shape index (κ3) is 3.36. The van der Waals surface area contributed by atoms with Crippen molar-refractivity contribution in [3.63, 3.8) is 0 Å². The third-order valence-electron chi connectivity index (χ3n) is 3.68. The summed E-state index contributed by atoms with van der Waals surface area (Å²) in [5.41, 5.74) is 0.964. The van der Waals surface area contributed by atoms with Crippen molar-refractivity contribution < 1.29 is 19.1 Å². The fraction of sp³-hybridized carbons (Fsp3) is 0.571. The Morgan fingerprint density at radius 1 is 1.53 bits per heavy atom. The van der Waals surface area contributed by atoms with Crippen molar-refractivity contribution in [3.05, 3.63) is 24.2 Å². The summed E-state index contributed by atoms with van der Waals surface area (Å²) in [6.45, 7) is 2.57. The minimum Gasteiger partial charge on any atom is -0.480 e. The summed E-state index contributed by atoms with van der Waals surface area (Å²) in [5.74, 6) is -0.622. The Labute approximate surface area is 112 Å². The van der Waals surface area contributed by atoms with Crippen LogP contribution in [0.1, 0.15) is 31.7 Å². The van der Waals surface area contributed by atoms with Crippen molar-refractivity contribution in [1.82, 2.24) is 4.90 Å². The van der Waals surface area contributed by atoms with Crippen LogP contribution >= 0.6 is 0 Å². The number of carbonyl (C=O) groups excluding carboxylic acids is 1. The molecule has 2 unspecified atom stereocenters. The van der Waals surface area contributed by atoms with Gasteiger partial charge >= 0.3 is 5.97 Å². The quantitative estimate of drug-likeness (QED) is 0.903. The van der Waals surface area contributed by atoms with E-state index in [0.29, 0.717) is 31.7 Å². The van der Waals surface area contributed by atoms with Gasteiger partial charge in [-0.3, -0.25) is 4.79 Å². The van der Waals surface area contributed by atoms with Crippen molar-refractivity contribution in [2.75, 3.05) is 6.54 Å². The highest BCUT2D eigenvalue weighted by molar-refractivity contribution is 5.84. The van der Waals surface area contributed by atoms with Crippen LogP contribution in [-0.2, 0) is 16.0 Å². The van der Waals surface area contributed by atoms with Crippen molar-refractivity contribution in [2.24, 2.45) is 5.92 Å². The SMILES string of the molecule is CC1CCN(C(=O)CCc2ccoc2)C(C(=O)O)C1. The molecule has 0 radical (unpaired) electrons. The minimum atomic E-state index is -0.900. The second-order valence-electron chi connectivity index (χ2n) is 5.20. The average molecular weight is 265 g/mol. The van der Waals surface area contributed by atoms with E-state index in [4.69, 9.17) is 4.42 Å². The number of aliphatic carboxylic acids is 1. The number of aryl methyl sites for hydroxylation is 1. The molecule has 0 aromatic carbocycles. The van der Waals surface area contributed by atoms with Gasteiger partial charge < -0.3 is 14.4 Å². The predicted molar refractivity (Wildman–Crippen MR) is 68.6 cm³/mol. The molecular weight excluding hydrogens is 246 g/mol. The lowest BCUT2D eigenvalue weighted by Crippen LogP contribution is -2.49. The van der Waals surface area contributed by atoms with Gasteiger partial charge in [0.15, 0.2) is 0 Å². The molecule has 1 aromatic rings. The van der Waals surface area contributed by atoms with Crippen molar-refractivity contribution in [2.45, 2.75) is 38.6 Å². The van der Waals surface area contributed by atoms with Gasteiger partial charge in [0.2, 0.25) is 5.91 Å². The molecule has 2 rings (SSSR count). The molecule has 1 saturated heterocycles. The molecule has 0 bridgehead atoms. The van der Waals surface area contributed by atoms with E-state index in [1.807, 2.05) is 13.0 Å². The van der Waals surface area contributed by atoms with E-state index in [2.05, 4.69) is 0 Å². The van der Waals surface area contributed by atoms with Gasteiger partial charge in [0, 0.05) is 13.0 Å². The molecule has 19 heavy (non-hydrogen) atoms. The lowest BCUT2D eigenvalue weighted by molar-refractivity contribution is -0.153. The maximum Gasteiger partial charge on any atom is 0.326 e. The van der Waals surface area contributed by atoms with E-state index in [1.165, 1.54) is 4.90 Å². The number of rotatable bonds is 4. The van der Waals surface area contributed by atoms with Gasteiger partial charge in [-0.25, -0.2) is 4.79 Å². The van der Waals surface area contributed by atoms with Gasteiger partial charge in [-0.1, -0.05) is 6.92 Å². The normalized spacial score (nSPS) is 23.3. The van der Waals surface area contributed by atoms with E-state index < -0.39 is 12.0 Å². The summed E-state index contributed by atoms with van der Waals surface area (Å²) in [7, 11) is 0. The predicted octanol–water partition coefficient (Wildman–Crippen LogP) is 1.92. The average Bonchev–Trinajstić information content (AvgIpc) is 2.88. The molecule has 2 atom stereocenters. The number of carboxylic acid groups (broad SMARTS) is 1. The first-order valence-electron chi connectivity index (χ1n) is 6.61. The maximum atomic E-state index is 12.1. The van der Waals surface area contributed by atoms with E-state index in [-0.39, 0.29) is 5.91 Å². The van der Waals surface area contributed by atoms with E-state index in [9.17, 15) is 14.7 Å². The Hall–Kier alpha value is -1.78. The fourth-order valence-corrected chi connectivity index (χ4v) is 2.50. The summed E-state index contributed by atoms with van der Waals surface area (Å²) in [5, 5.41) is 9.22. The van der Waals surface area contributed by atoms with Gasteiger partial charge in [0.25, 0.3) is 0 Å². The molecule has 5 nitrogen and oxygen atoms in total. The van der Waals surface area contributed by atoms with Crippen molar-refractivity contribution in [1.29, 1.82) is 0 Å². The Balaban J connectivity index is 1.94. The molecule has 5 heteroatoms. The minimum absolute atomic E-state index is 0.0829. The third-order valence-corrected chi connectivity index (χ3v) is 3.68. The highest BCUT2D eigenvalue weighted by atomic mass is 16.4. The van der Waals surface area contributed by atoms with Crippen molar-refractivity contribution >= 4 is 11.9 Å². The molecule has 1 fully saturated rings. The number of piperidine rings is 1. The van der Waals surface area contributed by atoms with Gasteiger partial charge in [-0.15, -0.1) is 0 Å². The molecule has 1 aliphatic heterocycles. The Morgan fingerprint density at radius 2 is 2.32 bits per heavy atom.